The maximum atomic E-state index is 11.8. The third kappa shape index (κ3) is 3.35. The third-order valence-electron chi connectivity index (χ3n) is 2.90. The highest BCUT2D eigenvalue weighted by Crippen LogP contribution is 2.26. The summed E-state index contributed by atoms with van der Waals surface area (Å²) < 4.78 is 14.9. The molecule has 2 aromatic carbocycles. The highest BCUT2D eigenvalue weighted by molar-refractivity contribution is 6.03. The first-order chi connectivity index (χ1) is 10.5. The van der Waals surface area contributed by atoms with E-state index >= 15 is 0 Å². The monoisotopic (exact) mass is 301 g/mol. The smallest absolute Gasteiger partial charge is 0.338 e. The predicted molar refractivity (Wildman–Crippen MR) is 80.0 cm³/mol. The Balaban J connectivity index is 2.38. The van der Waals surface area contributed by atoms with Crippen molar-refractivity contribution in [2.75, 3.05) is 20.0 Å². The summed E-state index contributed by atoms with van der Waals surface area (Å²) in [6.07, 6.45) is 0. The zero-order chi connectivity index (χ0) is 16.1. The minimum Gasteiger partial charge on any atom is -0.465 e. The number of anilines is 1. The van der Waals surface area contributed by atoms with Crippen molar-refractivity contribution < 1.29 is 23.8 Å². The zero-order valence-corrected chi connectivity index (χ0v) is 12.2. The van der Waals surface area contributed by atoms with Gasteiger partial charge in [-0.25, -0.2) is 9.59 Å². The molecular formula is C16H15NO5. The van der Waals surface area contributed by atoms with Crippen LogP contribution in [-0.2, 0) is 9.47 Å². The zero-order valence-electron chi connectivity index (χ0n) is 12.2. The Bertz CT molecular complexity index is 711. The van der Waals surface area contributed by atoms with Gasteiger partial charge in [-0.1, -0.05) is 6.07 Å². The molecule has 114 valence electrons. The van der Waals surface area contributed by atoms with E-state index in [2.05, 4.69) is 9.47 Å². The van der Waals surface area contributed by atoms with Crippen molar-refractivity contribution in [2.45, 2.75) is 0 Å². The number of methoxy groups -OCH3 is 2. The van der Waals surface area contributed by atoms with E-state index in [1.54, 1.807) is 30.3 Å². The summed E-state index contributed by atoms with van der Waals surface area (Å²) in [5.41, 5.74) is 6.40. The van der Waals surface area contributed by atoms with E-state index in [1.807, 2.05) is 0 Å². The molecule has 0 saturated carbocycles. The molecule has 0 aliphatic carbocycles. The summed E-state index contributed by atoms with van der Waals surface area (Å²) in [5, 5.41) is 0. The normalized spacial score (nSPS) is 9.91. The molecule has 0 aromatic heterocycles. The highest BCUT2D eigenvalue weighted by atomic mass is 16.5. The Morgan fingerprint density at radius 3 is 2.14 bits per heavy atom. The van der Waals surface area contributed by atoms with Crippen molar-refractivity contribution in [3.63, 3.8) is 0 Å². The lowest BCUT2D eigenvalue weighted by Gasteiger charge is -2.10. The minimum absolute atomic E-state index is 0.0655. The molecule has 6 heteroatoms. The van der Waals surface area contributed by atoms with E-state index in [4.69, 9.17) is 10.5 Å². The summed E-state index contributed by atoms with van der Waals surface area (Å²) >= 11 is 0. The lowest BCUT2D eigenvalue weighted by molar-refractivity contribution is 0.0555. The number of benzene rings is 2. The molecule has 0 spiro atoms. The molecule has 0 heterocycles. The molecule has 0 saturated heterocycles. The second-order valence-corrected chi connectivity index (χ2v) is 4.37. The second-order valence-electron chi connectivity index (χ2n) is 4.37. The van der Waals surface area contributed by atoms with Crippen LogP contribution in [0.4, 0.5) is 5.69 Å². The maximum Gasteiger partial charge on any atom is 0.338 e. The van der Waals surface area contributed by atoms with Gasteiger partial charge < -0.3 is 19.9 Å². The number of carbonyl (C=O) groups excluding carboxylic acids is 2. The van der Waals surface area contributed by atoms with Crippen LogP contribution in [-0.4, -0.2) is 26.2 Å². The van der Waals surface area contributed by atoms with E-state index in [-0.39, 0.29) is 11.1 Å². The Morgan fingerprint density at radius 2 is 1.50 bits per heavy atom. The topological polar surface area (TPSA) is 87.9 Å². The minimum atomic E-state index is -0.654. The van der Waals surface area contributed by atoms with Crippen LogP contribution < -0.4 is 10.5 Å². The Morgan fingerprint density at radius 1 is 0.864 bits per heavy atom. The van der Waals surface area contributed by atoms with Crippen LogP contribution in [0.5, 0.6) is 11.5 Å². The SMILES string of the molecule is COC(=O)c1ccc(Oc2cccc(N)c2)cc1C(=O)OC. The summed E-state index contributed by atoms with van der Waals surface area (Å²) in [4.78, 5) is 23.5. The molecule has 6 nitrogen and oxygen atoms in total. The maximum absolute atomic E-state index is 11.8. The lowest BCUT2D eigenvalue weighted by atomic mass is 10.1. The van der Waals surface area contributed by atoms with E-state index < -0.39 is 11.9 Å². The van der Waals surface area contributed by atoms with Crippen molar-refractivity contribution in [1.82, 2.24) is 0 Å². The molecule has 22 heavy (non-hydrogen) atoms. The van der Waals surface area contributed by atoms with Crippen LogP contribution in [0.2, 0.25) is 0 Å². The molecule has 2 N–H and O–H groups in total. The van der Waals surface area contributed by atoms with Crippen LogP contribution in [0.3, 0.4) is 0 Å². The van der Waals surface area contributed by atoms with Gasteiger partial charge in [0.05, 0.1) is 25.3 Å². The fourth-order valence-electron chi connectivity index (χ4n) is 1.87. The van der Waals surface area contributed by atoms with E-state index in [1.165, 1.54) is 26.4 Å². The van der Waals surface area contributed by atoms with Crippen molar-refractivity contribution >= 4 is 17.6 Å². The average molecular weight is 301 g/mol. The molecule has 0 aliphatic heterocycles. The van der Waals surface area contributed by atoms with Gasteiger partial charge in [-0.05, 0) is 30.3 Å². The van der Waals surface area contributed by atoms with Gasteiger partial charge in [0.25, 0.3) is 0 Å². The van der Waals surface area contributed by atoms with Gasteiger partial charge in [0.1, 0.15) is 11.5 Å². The number of nitrogens with two attached hydrogens (primary N) is 1. The fraction of sp³-hybridized carbons (Fsp3) is 0.125. The van der Waals surface area contributed by atoms with E-state index in [0.717, 1.165) is 0 Å². The first-order valence-corrected chi connectivity index (χ1v) is 6.39. The summed E-state index contributed by atoms with van der Waals surface area (Å²) in [7, 11) is 2.47. The molecule has 0 fully saturated rings. The molecule has 0 atom stereocenters. The predicted octanol–water partition coefficient (Wildman–Crippen LogP) is 2.63. The van der Waals surface area contributed by atoms with Crippen LogP contribution in [0, 0.1) is 0 Å². The number of rotatable bonds is 4. The number of carbonyl (C=O) groups is 2. The lowest BCUT2D eigenvalue weighted by Crippen LogP contribution is -2.11. The molecule has 0 amide bonds. The third-order valence-corrected chi connectivity index (χ3v) is 2.90. The quantitative estimate of drug-likeness (QED) is 0.690. The number of hydrogen-bond donors (Lipinski definition) is 1. The van der Waals surface area contributed by atoms with Crippen molar-refractivity contribution in [2.24, 2.45) is 0 Å². The Kier molecular flexibility index (Phi) is 4.63. The first kappa shape index (κ1) is 15.4. The molecular weight excluding hydrogens is 286 g/mol. The van der Waals surface area contributed by atoms with Gasteiger partial charge in [-0.3, -0.25) is 0 Å². The molecule has 2 rings (SSSR count). The standard InChI is InChI=1S/C16H15NO5/c1-20-15(18)13-7-6-12(9-14(13)16(19)21-2)22-11-5-3-4-10(17)8-11/h3-9H,17H2,1-2H3. The van der Waals surface area contributed by atoms with E-state index in [0.29, 0.717) is 17.2 Å². The number of esters is 2. The number of hydrogen-bond acceptors (Lipinski definition) is 6. The summed E-state index contributed by atoms with van der Waals surface area (Å²) in [6.45, 7) is 0. The molecule has 0 aliphatic rings. The van der Waals surface area contributed by atoms with Crippen molar-refractivity contribution in [1.29, 1.82) is 0 Å². The average Bonchev–Trinajstić information content (AvgIpc) is 2.53. The first-order valence-electron chi connectivity index (χ1n) is 6.39. The van der Waals surface area contributed by atoms with Crippen LogP contribution in [0.15, 0.2) is 42.5 Å². The fourth-order valence-corrected chi connectivity index (χ4v) is 1.87. The summed E-state index contributed by atoms with van der Waals surface area (Å²) in [5.74, 6) is -0.394. The molecule has 2 aromatic rings. The van der Waals surface area contributed by atoms with Gasteiger partial charge in [-0.2, -0.15) is 0 Å². The molecule has 0 radical (unpaired) electrons. The van der Waals surface area contributed by atoms with Gasteiger partial charge in [-0.15, -0.1) is 0 Å². The van der Waals surface area contributed by atoms with Gasteiger partial charge in [0, 0.05) is 11.8 Å². The van der Waals surface area contributed by atoms with Gasteiger partial charge in [0.2, 0.25) is 0 Å². The largest absolute Gasteiger partial charge is 0.465 e. The molecule has 0 bridgehead atoms. The summed E-state index contributed by atoms with van der Waals surface area (Å²) in [6, 6.07) is 11.3. The van der Waals surface area contributed by atoms with Crippen molar-refractivity contribution in [3.05, 3.63) is 53.6 Å². The second kappa shape index (κ2) is 6.62. The van der Waals surface area contributed by atoms with Gasteiger partial charge in [0.15, 0.2) is 0 Å². The van der Waals surface area contributed by atoms with Crippen molar-refractivity contribution in [3.8, 4) is 11.5 Å². The van der Waals surface area contributed by atoms with Crippen LogP contribution in [0.25, 0.3) is 0 Å². The van der Waals surface area contributed by atoms with E-state index in [9.17, 15) is 9.59 Å². The molecule has 0 unspecified atom stereocenters. The Hall–Kier alpha value is -3.02. The number of nitrogen functional groups attached to an aromatic ring is 1. The number of ether oxygens (including phenoxy) is 3. The van der Waals surface area contributed by atoms with Crippen LogP contribution in [0.1, 0.15) is 20.7 Å². The Labute approximate surface area is 127 Å². The van der Waals surface area contributed by atoms with Crippen LogP contribution >= 0.6 is 0 Å². The van der Waals surface area contributed by atoms with Gasteiger partial charge >= 0.3 is 11.9 Å². The highest BCUT2D eigenvalue weighted by Gasteiger charge is 2.19.